The van der Waals surface area contributed by atoms with Crippen LogP contribution in [0.1, 0.15) is 43.4 Å². The predicted molar refractivity (Wildman–Crippen MR) is 114 cm³/mol. The number of nitrogens with zero attached hydrogens (tertiary/aromatic N) is 1. The molecule has 1 aliphatic heterocycles. The van der Waals surface area contributed by atoms with Crippen LogP contribution in [0.5, 0.6) is 0 Å². The van der Waals surface area contributed by atoms with E-state index in [9.17, 15) is 4.39 Å². The van der Waals surface area contributed by atoms with Crippen LogP contribution in [0.25, 0.3) is 0 Å². The summed E-state index contributed by atoms with van der Waals surface area (Å²) in [6.07, 6.45) is 3.22. The Morgan fingerprint density at radius 2 is 2.12 bits per heavy atom. The lowest BCUT2D eigenvalue weighted by molar-refractivity contribution is -0.0320. The van der Waals surface area contributed by atoms with Crippen molar-refractivity contribution in [3.63, 3.8) is 0 Å². The van der Waals surface area contributed by atoms with Gasteiger partial charge in [0.2, 0.25) is 0 Å². The number of aliphatic imine (C=N–C) groups is 1. The van der Waals surface area contributed by atoms with E-state index in [0.717, 1.165) is 51.2 Å². The Morgan fingerprint density at radius 3 is 2.77 bits per heavy atom. The molecular formula is C19H31FIN3O2. The zero-order chi connectivity index (χ0) is 18.1. The van der Waals surface area contributed by atoms with E-state index in [4.69, 9.17) is 9.47 Å². The second kappa shape index (κ2) is 12.5. The summed E-state index contributed by atoms with van der Waals surface area (Å²) in [6, 6.07) is 5.28. The Bertz CT molecular complexity index is 566. The number of hydrogen-bond acceptors (Lipinski definition) is 3. The molecule has 148 valence electrons. The topological polar surface area (TPSA) is 54.9 Å². The van der Waals surface area contributed by atoms with Crippen molar-refractivity contribution in [2.45, 2.75) is 45.3 Å². The summed E-state index contributed by atoms with van der Waals surface area (Å²) in [6.45, 7) is 6.87. The highest BCUT2D eigenvalue weighted by molar-refractivity contribution is 14.0. The maximum atomic E-state index is 13.7. The van der Waals surface area contributed by atoms with Crippen LogP contribution in [-0.2, 0) is 9.47 Å². The first-order valence-corrected chi connectivity index (χ1v) is 9.02. The van der Waals surface area contributed by atoms with Gasteiger partial charge >= 0.3 is 0 Å². The lowest BCUT2D eigenvalue weighted by atomic mass is 10.1. The van der Waals surface area contributed by atoms with Crippen molar-refractivity contribution in [1.29, 1.82) is 0 Å². The molecule has 0 saturated carbocycles. The van der Waals surface area contributed by atoms with Gasteiger partial charge in [0.25, 0.3) is 0 Å². The van der Waals surface area contributed by atoms with Gasteiger partial charge in [-0.1, -0.05) is 12.1 Å². The van der Waals surface area contributed by atoms with E-state index in [1.165, 1.54) is 0 Å². The van der Waals surface area contributed by atoms with Crippen molar-refractivity contribution in [3.05, 3.63) is 35.1 Å². The molecule has 2 N–H and O–H groups in total. The molecule has 2 rings (SSSR count). The minimum absolute atomic E-state index is 0. The SMILES string of the molecule is CN=C(NCCCOC1CCOCC1)NC(C)c1ccc(C)c(F)c1.I. The Hall–Kier alpha value is -0.930. The molecule has 1 atom stereocenters. The molecule has 1 fully saturated rings. The number of benzene rings is 1. The average Bonchev–Trinajstić information content (AvgIpc) is 2.63. The molecule has 7 heteroatoms. The first-order valence-electron chi connectivity index (χ1n) is 9.02. The monoisotopic (exact) mass is 479 g/mol. The highest BCUT2D eigenvalue weighted by Gasteiger charge is 2.13. The molecule has 26 heavy (non-hydrogen) atoms. The first kappa shape index (κ1) is 23.1. The van der Waals surface area contributed by atoms with E-state index in [1.54, 1.807) is 26.1 Å². The average molecular weight is 479 g/mol. The summed E-state index contributed by atoms with van der Waals surface area (Å²) < 4.78 is 24.9. The van der Waals surface area contributed by atoms with Crippen molar-refractivity contribution < 1.29 is 13.9 Å². The number of halogens is 2. The standard InChI is InChI=1S/C19H30FN3O2.HI/c1-14-5-6-16(13-18(14)20)15(2)23-19(21-3)22-9-4-10-25-17-7-11-24-12-8-17;/h5-6,13,15,17H,4,7-12H2,1-3H3,(H2,21,22,23);1H. The van der Waals surface area contributed by atoms with Crippen LogP contribution in [0.15, 0.2) is 23.2 Å². The number of rotatable bonds is 7. The molecule has 0 aliphatic carbocycles. The van der Waals surface area contributed by atoms with Crippen molar-refractivity contribution in [3.8, 4) is 0 Å². The quantitative estimate of drug-likeness (QED) is 0.272. The van der Waals surface area contributed by atoms with Crippen LogP contribution < -0.4 is 10.6 Å². The minimum atomic E-state index is -0.181. The van der Waals surface area contributed by atoms with E-state index >= 15 is 0 Å². The molecule has 1 aliphatic rings. The van der Waals surface area contributed by atoms with Crippen LogP contribution in [-0.4, -0.2) is 45.5 Å². The summed E-state index contributed by atoms with van der Waals surface area (Å²) in [5.41, 5.74) is 1.55. The molecule has 1 aromatic carbocycles. The number of aryl methyl sites for hydroxylation is 1. The minimum Gasteiger partial charge on any atom is -0.381 e. The molecule has 0 radical (unpaired) electrons. The smallest absolute Gasteiger partial charge is 0.191 e. The van der Waals surface area contributed by atoms with Gasteiger partial charge in [-0.15, -0.1) is 24.0 Å². The number of ether oxygens (including phenoxy) is 2. The van der Waals surface area contributed by atoms with Gasteiger partial charge < -0.3 is 20.1 Å². The van der Waals surface area contributed by atoms with Crippen molar-refractivity contribution in [1.82, 2.24) is 10.6 Å². The summed E-state index contributed by atoms with van der Waals surface area (Å²) in [5, 5.41) is 6.56. The third-order valence-corrected chi connectivity index (χ3v) is 4.41. The van der Waals surface area contributed by atoms with E-state index in [-0.39, 0.29) is 35.8 Å². The lowest BCUT2D eigenvalue weighted by Crippen LogP contribution is -2.39. The van der Waals surface area contributed by atoms with Gasteiger partial charge in [-0.05, 0) is 50.3 Å². The Labute approximate surface area is 173 Å². The second-order valence-electron chi connectivity index (χ2n) is 6.41. The Kier molecular flexibility index (Phi) is 11.1. The zero-order valence-corrected chi connectivity index (χ0v) is 18.2. The second-order valence-corrected chi connectivity index (χ2v) is 6.41. The molecule has 0 bridgehead atoms. The first-order chi connectivity index (χ1) is 12.1. The Morgan fingerprint density at radius 1 is 1.38 bits per heavy atom. The summed E-state index contributed by atoms with van der Waals surface area (Å²) in [4.78, 5) is 4.22. The predicted octanol–water partition coefficient (Wildman–Crippen LogP) is 3.56. The van der Waals surface area contributed by atoms with Crippen LogP contribution >= 0.6 is 24.0 Å². The van der Waals surface area contributed by atoms with E-state index < -0.39 is 0 Å². The third kappa shape index (κ3) is 7.75. The van der Waals surface area contributed by atoms with Gasteiger partial charge in [-0.3, -0.25) is 4.99 Å². The van der Waals surface area contributed by atoms with Gasteiger partial charge in [0.05, 0.1) is 12.1 Å². The van der Waals surface area contributed by atoms with Gasteiger partial charge in [-0.2, -0.15) is 0 Å². The number of nitrogens with one attached hydrogen (secondary N) is 2. The van der Waals surface area contributed by atoms with Crippen LogP contribution in [0.4, 0.5) is 4.39 Å². The fourth-order valence-corrected chi connectivity index (χ4v) is 2.73. The zero-order valence-electron chi connectivity index (χ0n) is 15.9. The number of guanidine groups is 1. The third-order valence-electron chi connectivity index (χ3n) is 4.41. The molecule has 0 aromatic heterocycles. The largest absolute Gasteiger partial charge is 0.381 e. The summed E-state index contributed by atoms with van der Waals surface area (Å²) in [5.74, 6) is 0.527. The van der Waals surface area contributed by atoms with Gasteiger partial charge in [0.1, 0.15) is 5.82 Å². The molecular weight excluding hydrogens is 448 g/mol. The van der Waals surface area contributed by atoms with Crippen molar-refractivity contribution in [2.24, 2.45) is 4.99 Å². The van der Waals surface area contributed by atoms with E-state index in [2.05, 4.69) is 15.6 Å². The molecule has 0 spiro atoms. The molecule has 1 heterocycles. The fraction of sp³-hybridized carbons (Fsp3) is 0.632. The lowest BCUT2D eigenvalue weighted by Gasteiger charge is -2.22. The molecule has 1 aromatic rings. The Balaban J connectivity index is 0.00000338. The van der Waals surface area contributed by atoms with Crippen molar-refractivity contribution >= 4 is 29.9 Å². The highest BCUT2D eigenvalue weighted by atomic mass is 127. The maximum Gasteiger partial charge on any atom is 0.191 e. The molecule has 5 nitrogen and oxygen atoms in total. The van der Waals surface area contributed by atoms with Crippen LogP contribution in [0.3, 0.4) is 0 Å². The van der Waals surface area contributed by atoms with Gasteiger partial charge in [0, 0.05) is 33.4 Å². The molecule has 0 amide bonds. The molecule has 1 unspecified atom stereocenters. The van der Waals surface area contributed by atoms with Crippen molar-refractivity contribution in [2.75, 3.05) is 33.4 Å². The van der Waals surface area contributed by atoms with E-state index in [1.807, 2.05) is 13.0 Å². The summed E-state index contributed by atoms with van der Waals surface area (Å²) in [7, 11) is 1.73. The molecule has 1 saturated heterocycles. The van der Waals surface area contributed by atoms with Gasteiger partial charge in [-0.25, -0.2) is 4.39 Å². The van der Waals surface area contributed by atoms with Crippen LogP contribution in [0.2, 0.25) is 0 Å². The van der Waals surface area contributed by atoms with Gasteiger partial charge in [0.15, 0.2) is 5.96 Å². The maximum absolute atomic E-state index is 13.7. The fourth-order valence-electron chi connectivity index (χ4n) is 2.73. The summed E-state index contributed by atoms with van der Waals surface area (Å²) >= 11 is 0. The van der Waals surface area contributed by atoms with E-state index in [0.29, 0.717) is 17.6 Å². The number of hydrogen-bond donors (Lipinski definition) is 2. The normalized spacial score (nSPS) is 16.7. The highest BCUT2D eigenvalue weighted by Crippen LogP contribution is 2.16. The van der Waals surface area contributed by atoms with Crippen LogP contribution in [0, 0.1) is 12.7 Å².